The summed E-state index contributed by atoms with van der Waals surface area (Å²) in [6.45, 7) is -0.250. The van der Waals surface area contributed by atoms with Crippen LogP contribution < -0.4 is 4.74 Å². The summed E-state index contributed by atoms with van der Waals surface area (Å²) < 4.78 is 5.10. The first-order chi connectivity index (χ1) is 8.10. The van der Waals surface area contributed by atoms with Gasteiger partial charge in [-0.1, -0.05) is 22.0 Å². The van der Waals surface area contributed by atoms with Gasteiger partial charge in [-0.15, -0.1) is 0 Å². The summed E-state index contributed by atoms with van der Waals surface area (Å²) in [6.07, 6.45) is 0.822. The van der Waals surface area contributed by atoms with Gasteiger partial charge in [-0.2, -0.15) is 0 Å². The number of halogens is 1. The Labute approximate surface area is 107 Å². The zero-order valence-corrected chi connectivity index (χ0v) is 10.8. The molecule has 0 aliphatic carbocycles. The zero-order valence-electron chi connectivity index (χ0n) is 9.22. The fourth-order valence-electron chi connectivity index (χ4n) is 1.19. The molecule has 0 spiro atoms. The number of hydrogen-bond donors (Lipinski definition) is 2. The van der Waals surface area contributed by atoms with E-state index >= 15 is 0 Å². The summed E-state index contributed by atoms with van der Waals surface area (Å²) in [5.41, 5.74) is 1.26. The van der Waals surface area contributed by atoms with Crippen LogP contribution in [0.5, 0.6) is 5.75 Å². The molecule has 0 unspecified atom stereocenters. The number of carboxylic acid groups (broad SMARTS) is 2. The summed E-state index contributed by atoms with van der Waals surface area (Å²) in [7, 11) is 1.54. The van der Waals surface area contributed by atoms with Gasteiger partial charge >= 0.3 is 5.97 Å². The molecule has 5 nitrogen and oxygen atoms in total. The van der Waals surface area contributed by atoms with Gasteiger partial charge < -0.3 is 14.9 Å². The van der Waals surface area contributed by atoms with Crippen molar-refractivity contribution >= 4 is 28.4 Å². The van der Waals surface area contributed by atoms with Crippen LogP contribution in [0.25, 0.3) is 0 Å². The standard InChI is InChI=1S/C10H11BrO3.CH2O2/c1-14-9-6-8(10(12)13)3-2-7(9)4-5-11;2-1-3/h2-3,6H,4-5H2,1H3,(H,12,13);1H,(H,2,3). The van der Waals surface area contributed by atoms with E-state index in [1.165, 1.54) is 0 Å². The third-order valence-electron chi connectivity index (χ3n) is 1.90. The second-order valence-electron chi connectivity index (χ2n) is 2.88. The molecule has 1 aromatic rings. The van der Waals surface area contributed by atoms with E-state index in [0.29, 0.717) is 5.75 Å². The smallest absolute Gasteiger partial charge is 0.335 e. The van der Waals surface area contributed by atoms with Gasteiger partial charge in [-0.25, -0.2) is 4.79 Å². The average Bonchev–Trinajstić information content (AvgIpc) is 2.30. The minimum Gasteiger partial charge on any atom is -0.496 e. The van der Waals surface area contributed by atoms with Gasteiger partial charge in [-0.3, -0.25) is 4.79 Å². The number of aromatic carboxylic acids is 1. The lowest BCUT2D eigenvalue weighted by Gasteiger charge is -2.07. The summed E-state index contributed by atoms with van der Waals surface area (Å²) in [5.74, 6) is -0.307. The number of ether oxygens (including phenoxy) is 1. The second-order valence-corrected chi connectivity index (χ2v) is 3.67. The van der Waals surface area contributed by atoms with Crippen LogP contribution in [0.2, 0.25) is 0 Å². The number of hydrogen-bond acceptors (Lipinski definition) is 3. The Hall–Kier alpha value is -1.56. The minimum absolute atomic E-state index is 0.250. The number of rotatable bonds is 4. The molecule has 0 amide bonds. The highest BCUT2D eigenvalue weighted by Crippen LogP contribution is 2.21. The van der Waals surface area contributed by atoms with Crippen LogP contribution >= 0.6 is 15.9 Å². The number of alkyl halides is 1. The lowest BCUT2D eigenvalue weighted by molar-refractivity contribution is -0.122. The van der Waals surface area contributed by atoms with Gasteiger partial charge in [-0.05, 0) is 24.1 Å². The SMILES string of the molecule is COc1cc(C(=O)O)ccc1CCBr.O=CO. The van der Waals surface area contributed by atoms with Crippen molar-refractivity contribution in [1.29, 1.82) is 0 Å². The van der Waals surface area contributed by atoms with Crippen molar-refractivity contribution in [3.63, 3.8) is 0 Å². The summed E-state index contributed by atoms with van der Waals surface area (Å²) in [5, 5.41) is 16.5. The molecule has 0 heterocycles. The molecule has 0 aromatic heterocycles. The van der Waals surface area contributed by atoms with Crippen molar-refractivity contribution in [2.24, 2.45) is 0 Å². The molecule has 1 aromatic carbocycles. The van der Waals surface area contributed by atoms with Gasteiger partial charge in [0.15, 0.2) is 0 Å². The molecule has 17 heavy (non-hydrogen) atoms. The monoisotopic (exact) mass is 304 g/mol. The number of benzene rings is 1. The quantitative estimate of drug-likeness (QED) is 0.657. The number of methoxy groups -OCH3 is 1. The van der Waals surface area contributed by atoms with Crippen LogP contribution in [0.1, 0.15) is 15.9 Å². The summed E-state index contributed by atoms with van der Waals surface area (Å²) in [6, 6.07) is 4.91. The lowest BCUT2D eigenvalue weighted by Crippen LogP contribution is -1.99. The first kappa shape index (κ1) is 15.4. The van der Waals surface area contributed by atoms with E-state index in [4.69, 9.17) is 19.7 Å². The fourth-order valence-corrected chi connectivity index (χ4v) is 1.61. The Bertz CT molecular complexity index is 378. The molecular weight excluding hydrogens is 292 g/mol. The van der Waals surface area contributed by atoms with Crippen LogP contribution in [0.15, 0.2) is 18.2 Å². The predicted molar refractivity (Wildman–Crippen MR) is 66.1 cm³/mol. The molecule has 6 heteroatoms. The van der Waals surface area contributed by atoms with E-state index in [1.54, 1.807) is 25.3 Å². The Morgan fingerprint density at radius 3 is 2.53 bits per heavy atom. The normalized spacial score (nSPS) is 8.82. The molecule has 0 radical (unpaired) electrons. The number of aryl methyl sites for hydroxylation is 1. The molecule has 0 saturated heterocycles. The van der Waals surface area contributed by atoms with Crippen LogP contribution in [0.3, 0.4) is 0 Å². The molecular formula is C11H13BrO5. The van der Waals surface area contributed by atoms with Crippen LogP contribution in [0.4, 0.5) is 0 Å². The van der Waals surface area contributed by atoms with Crippen molar-refractivity contribution < 1.29 is 24.5 Å². The zero-order chi connectivity index (χ0) is 13.3. The van der Waals surface area contributed by atoms with E-state index in [1.807, 2.05) is 0 Å². The van der Waals surface area contributed by atoms with Crippen molar-refractivity contribution in [1.82, 2.24) is 0 Å². The Morgan fingerprint density at radius 2 is 2.12 bits per heavy atom. The number of carbonyl (C=O) groups is 2. The lowest BCUT2D eigenvalue weighted by atomic mass is 10.1. The fraction of sp³-hybridized carbons (Fsp3) is 0.273. The molecule has 2 N–H and O–H groups in total. The van der Waals surface area contributed by atoms with Gasteiger partial charge in [0.2, 0.25) is 0 Å². The van der Waals surface area contributed by atoms with Gasteiger partial charge in [0.25, 0.3) is 6.47 Å². The maximum absolute atomic E-state index is 10.7. The van der Waals surface area contributed by atoms with E-state index < -0.39 is 5.97 Å². The predicted octanol–water partition coefficient (Wildman–Crippen LogP) is 2.03. The molecule has 0 bridgehead atoms. The Balaban J connectivity index is 0.000000770. The van der Waals surface area contributed by atoms with E-state index in [9.17, 15) is 4.79 Å². The minimum atomic E-state index is -0.936. The van der Waals surface area contributed by atoms with Gasteiger partial charge in [0.1, 0.15) is 5.75 Å². The molecule has 0 saturated carbocycles. The Morgan fingerprint density at radius 1 is 1.53 bits per heavy atom. The van der Waals surface area contributed by atoms with Crippen LogP contribution in [0, 0.1) is 0 Å². The topological polar surface area (TPSA) is 83.8 Å². The van der Waals surface area contributed by atoms with Crippen LogP contribution in [-0.2, 0) is 11.2 Å². The third kappa shape index (κ3) is 5.35. The molecule has 1 rings (SSSR count). The maximum Gasteiger partial charge on any atom is 0.335 e. The maximum atomic E-state index is 10.7. The highest BCUT2D eigenvalue weighted by atomic mass is 79.9. The van der Waals surface area contributed by atoms with Crippen molar-refractivity contribution in [2.75, 3.05) is 12.4 Å². The van der Waals surface area contributed by atoms with Gasteiger partial charge in [0, 0.05) is 5.33 Å². The molecule has 94 valence electrons. The van der Waals surface area contributed by atoms with Gasteiger partial charge in [0.05, 0.1) is 12.7 Å². The number of carboxylic acids is 1. The molecule has 0 aliphatic heterocycles. The van der Waals surface area contributed by atoms with Crippen molar-refractivity contribution in [2.45, 2.75) is 6.42 Å². The van der Waals surface area contributed by atoms with Crippen LogP contribution in [-0.4, -0.2) is 35.1 Å². The highest BCUT2D eigenvalue weighted by Gasteiger charge is 2.07. The second kappa shape index (κ2) is 8.58. The largest absolute Gasteiger partial charge is 0.496 e. The van der Waals surface area contributed by atoms with Crippen molar-refractivity contribution in [3.05, 3.63) is 29.3 Å². The third-order valence-corrected chi connectivity index (χ3v) is 2.29. The molecule has 0 aliphatic rings. The Kier molecular flexibility index (Phi) is 7.79. The first-order valence-electron chi connectivity index (χ1n) is 4.64. The molecule has 0 fully saturated rings. The first-order valence-corrected chi connectivity index (χ1v) is 5.76. The van der Waals surface area contributed by atoms with Crippen molar-refractivity contribution in [3.8, 4) is 5.75 Å². The average molecular weight is 305 g/mol. The van der Waals surface area contributed by atoms with E-state index in [2.05, 4.69) is 15.9 Å². The summed E-state index contributed by atoms with van der Waals surface area (Å²) >= 11 is 3.33. The van der Waals surface area contributed by atoms with E-state index in [0.717, 1.165) is 17.3 Å². The van der Waals surface area contributed by atoms with E-state index in [-0.39, 0.29) is 12.0 Å². The highest BCUT2D eigenvalue weighted by molar-refractivity contribution is 9.09. The molecule has 0 atom stereocenters. The summed E-state index contributed by atoms with van der Waals surface area (Å²) in [4.78, 5) is 19.0.